The van der Waals surface area contributed by atoms with Gasteiger partial charge in [-0.2, -0.15) is 0 Å². The Morgan fingerprint density at radius 3 is 2.32 bits per heavy atom. The Labute approximate surface area is 167 Å². The van der Waals surface area contributed by atoms with Crippen molar-refractivity contribution in [1.29, 1.82) is 0 Å². The quantitative estimate of drug-likeness (QED) is 0.251. The van der Waals surface area contributed by atoms with Crippen LogP contribution in [0.1, 0.15) is 29.6 Å². The normalized spacial score (nSPS) is 15.2. The summed E-state index contributed by atoms with van der Waals surface area (Å²) >= 11 is 0. The predicted octanol–water partition coefficient (Wildman–Crippen LogP) is 1.69. The van der Waals surface area contributed by atoms with E-state index in [1.54, 1.807) is 7.05 Å². The van der Waals surface area contributed by atoms with Crippen LogP contribution in [0, 0.1) is 0 Å². The maximum atomic E-state index is 11.9. The highest BCUT2D eigenvalue weighted by atomic mass is 127. The molecule has 1 aromatic carbocycles. The van der Waals surface area contributed by atoms with Gasteiger partial charge in [-0.1, -0.05) is 24.6 Å². The van der Waals surface area contributed by atoms with Crippen molar-refractivity contribution in [3.8, 4) is 0 Å². The van der Waals surface area contributed by atoms with E-state index in [1.165, 1.54) is 32.4 Å². The van der Waals surface area contributed by atoms with Gasteiger partial charge in [-0.05, 0) is 38.1 Å². The average Bonchev–Trinajstić information content (AvgIpc) is 2.65. The molecule has 6 nitrogen and oxygen atoms in total. The lowest BCUT2D eigenvalue weighted by molar-refractivity contribution is 0.0954. The first-order chi connectivity index (χ1) is 11.8. The number of carbonyl (C=O) groups excluding carboxylic acids is 1. The SMILES string of the molecule is CN=C(NCCNC(=O)c1ccccc1)NCCN1CCCCC1.I. The molecule has 140 valence electrons. The van der Waals surface area contributed by atoms with Gasteiger partial charge < -0.3 is 20.9 Å². The summed E-state index contributed by atoms with van der Waals surface area (Å²) < 4.78 is 0. The first kappa shape index (κ1) is 21.7. The molecule has 1 aromatic rings. The van der Waals surface area contributed by atoms with Gasteiger partial charge in [0.2, 0.25) is 0 Å². The Hall–Kier alpha value is -1.35. The van der Waals surface area contributed by atoms with Gasteiger partial charge in [0.1, 0.15) is 0 Å². The number of likely N-dealkylation sites (tertiary alicyclic amines) is 1. The zero-order chi connectivity index (χ0) is 17.0. The average molecular weight is 459 g/mol. The third-order valence-corrected chi connectivity index (χ3v) is 4.13. The monoisotopic (exact) mass is 459 g/mol. The Bertz CT molecular complexity index is 517. The lowest BCUT2D eigenvalue weighted by Gasteiger charge is -2.26. The van der Waals surface area contributed by atoms with Gasteiger partial charge in [-0.3, -0.25) is 9.79 Å². The molecule has 3 N–H and O–H groups in total. The van der Waals surface area contributed by atoms with Crippen molar-refractivity contribution < 1.29 is 4.79 Å². The third kappa shape index (κ3) is 8.53. The maximum absolute atomic E-state index is 11.9. The molecule has 0 radical (unpaired) electrons. The van der Waals surface area contributed by atoms with Crippen LogP contribution in [0.15, 0.2) is 35.3 Å². The first-order valence-electron chi connectivity index (χ1n) is 8.79. The van der Waals surface area contributed by atoms with E-state index in [-0.39, 0.29) is 29.9 Å². The molecule has 1 fully saturated rings. The van der Waals surface area contributed by atoms with Crippen molar-refractivity contribution in [2.45, 2.75) is 19.3 Å². The number of halogens is 1. The highest BCUT2D eigenvalue weighted by Crippen LogP contribution is 2.07. The molecule has 0 saturated carbocycles. The van der Waals surface area contributed by atoms with E-state index in [9.17, 15) is 4.79 Å². The third-order valence-electron chi connectivity index (χ3n) is 4.13. The van der Waals surface area contributed by atoms with Crippen molar-refractivity contribution >= 4 is 35.8 Å². The van der Waals surface area contributed by atoms with Crippen LogP contribution in [0.25, 0.3) is 0 Å². The molecule has 0 aromatic heterocycles. The number of hydrogen-bond donors (Lipinski definition) is 3. The maximum Gasteiger partial charge on any atom is 0.251 e. The summed E-state index contributed by atoms with van der Waals surface area (Å²) in [5, 5.41) is 9.43. The molecule has 0 aliphatic carbocycles. The minimum absolute atomic E-state index is 0. The molecule has 0 bridgehead atoms. The fourth-order valence-electron chi connectivity index (χ4n) is 2.78. The minimum atomic E-state index is -0.0505. The molecule has 7 heteroatoms. The number of aliphatic imine (C=N–C) groups is 1. The number of rotatable bonds is 7. The van der Waals surface area contributed by atoms with Crippen molar-refractivity contribution in [3.63, 3.8) is 0 Å². The van der Waals surface area contributed by atoms with Crippen LogP contribution in [0.4, 0.5) is 0 Å². The number of benzene rings is 1. The van der Waals surface area contributed by atoms with Crippen LogP contribution in [0.5, 0.6) is 0 Å². The summed E-state index contributed by atoms with van der Waals surface area (Å²) in [4.78, 5) is 18.6. The molecule has 0 atom stereocenters. The molecule has 0 unspecified atom stereocenters. The van der Waals surface area contributed by atoms with Crippen LogP contribution < -0.4 is 16.0 Å². The van der Waals surface area contributed by atoms with E-state index >= 15 is 0 Å². The van der Waals surface area contributed by atoms with Crippen molar-refractivity contribution in [2.24, 2.45) is 4.99 Å². The van der Waals surface area contributed by atoms with E-state index in [0.29, 0.717) is 18.7 Å². The second kappa shape index (κ2) is 12.9. The van der Waals surface area contributed by atoms with Crippen molar-refractivity contribution in [2.75, 3.05) is 46.3 Å². The van der Waals surface area contributed by atoms with Crippen LogP contribution >= 0.6 is 24.0 Å². The molecule has 1 saturated heterocycles. The summed E-state index contributed by atoms with van der Waals surface area (Å²) in [6.45, 7) is 5.54. The van der Waals surface area contributed by atoms with Crippen molar-refractivity contribution in [3.05, 3.63) is 35.9 Å². The zero-order valence-corrected chi connectivity index (χ0v) is 17.3. The molecular formula is C18H30IN5O. The van der Waals surface area contributed by atoms with E-state index in [4.69, 9.17) is 0 Å². The summed E-state index contributed by atoms with van der Waals surface area (Å²) in [5.41, 5.74) is 0.682. The number of guanidine groups is 1. The first-order valence-corrected chi connectivity index (χ1v) is 8.79. The fraction of sp³-hybridized carbons (Fsp3) is 0.556. The van der Waals surface area contributed by atoms with Crippen LogP contribution in [0.3, 0.4) is 0 Å². The summed E-state index contributed by atoms with van der Waals surface area (Å²) in [7, 11) is 1.76. The van der Waals surface area contributed by atoms with Gasteiger partial charge in [-0.25, -0.2) is 0 Å². The molecule has 1 aliphatic rings. The molecule has 1 aliphatic heterocycles. The van der Waals surface area contributed by atoms with Crippen molar-refractivity contribution in [1.82, 2.24) is 20.9 Å². The van der Waals surface area contributed by atoms with Gasteiger partial charge in [0.25, 0.3) is 5.91 Å². The van der Waals surface area contributed by atoms with Crippen LogP contribution in [0.2, 0.25) is 0 Å². The van der Waals surface area contributed by atoms with Crippen LogP contribution in [-0.2, 0) is 0 Å². The number of nitrogens with zero attached hydrogens (tertiary/aromatic N) is 2. The summed E-state index contributed by atoms with van der Waals surface area (Å²) in [6, 6.07) is 9.24. The van der Waals surface area contributed by atoms with Gasteiger partial charge in [0.15, 0.2) is 5.96 Å². The smallest absolute Gasteiger partial charge is 0.251 e. The second-order valence-electron chi connectivity index (χ2n) is 5.95. The van der Waals surface area contributed by atoms with E-state index in [1.807, 2.05) is 30.3 Å². The zero-order valence-electron chi connectivity index (χ0n) is 15.0. The Morgan fingerprint density at radius 1 is 1.00 bits per heavy atom. The highest BCUT2D eigenvalue weighted by Gasteiger charge is 2.09. The van der Waals surface area contributed by atoms with E-state index in [2.05, 4.69) is 25.8 Å². The van der Waals surface area contributed by atoms with Gasteiger partial charge in [0.05, 0.1) is 0 Å². The molecule has 2 rings (SSSR count). The fourth-order valence-corrected chi connectivity index (χ4v) is 2.78. The van der Waals surface area contributed by atoms with Gasteiger partial charge >= 0.3 is 0 Å². The molecule has 1 amide bonds. The lowest BCUT2D eigenvalue weighted by atomic mass is 10.1. The van der Waals surface area contributed by atoms with Gasteiger partial charge in [-0.15, -0.1) is 24.0 Å². The number of carbonyl (C=O) groups is 1. The number of piperidine rings is 1. The number of nitrogens with one attached hydrogen (secondary N) is 3. The predicted molar refractivity (Wildman–Crippen MR) is 114 cm³/mol. The number of amides is 1. The highest BCUT2D eigenvalue weighted by molar-refractivity contribution is 14.0. The Kier molecular flexibility index (Phi) is 11.2. The molecular weight excluding hydrogens is 429 g/mol. The Morgan fingerprint density at radius 2 is 1.64 bits per heavy atom. The lowest BCUT2D eigenvalue weighted by Crippen LogP contribution is -2.44. The molecule has 25 heavy (non-hydrogen) atoms. The number of hydrogen-bond acceptors (Lipinski definition) is 3. The van der Waals surface area contributed by atoms with E-state index in [0.717, 1.165) is 19.0 Å². The van der Waals surface area contributed by atoms with Crippen LogP contribution in [-0.4, -0.2) is 63.1 Å². The largest absolute Gasteiger partial charge is 0.355 e. The summed E-state index contributed by atoms with van der Waals surface area (Å²) in [6.07, 6.45) is 3.99. The minimum Gasteiger partial charge on any atom is -0.355 e. The van der Waals surface area contributed by atoms with Gasteiger partial charge in [0, 0.05) is 38.8 Å². The molecule has 0 spiro atoms. The standard InChI is InChI=1S/C18H29N5O.HI/c1-19-18(22-12-15-23-13-6-3-7-14-23)21-11-10-20-17(24)16-8-4-2-5-9-16;/h2,4-5,8-9H,3,6-7,10-15H2,1H3,(H,20,24)(H2,19,21,22);1H. The topological polar surface area (TPSA) is 68.8 Å². The summed E-state index contributed by atoms with van der Waals surface area (Å²) in [5.74, 6) is 0.728. The Balaban J connectivity index is 0.00000312. The molecule has 1 heterocycles. The van der Waals surface area contributed by atoms with E-state index < -0.39 is 0 Å². The second-order valence-corrected chi connectivity index (χ2v) is 5.95.